The maximum Gasteiger partial charge on any atom is 0.254 e. The van der Waals surface area contributed by atoms with E-state index in [1.54, 1.807) is 0 Å². The van der Waals surface area contributed by atoms with Crippen molar-refractivity contribution in [1.82, 2.24) is 10.3 Å². The molecule has 1 aromatic heterocycles. The molecule has 0 aliphatic heterocycles. The molecular weight excluding hydrogens is 230 g/mol. The van der Waals surface area contributed by atoms with E-state index in [1.165, 1.54) is 0 Å². The Kier molecular flexibility index (Phi) is 5.48. The van der Waals surface area contributed by atoms with E-state index in [2.05, 4.69) is 10.3 Å². The van der Waals surface area contributed by atoms with Gasteiger partial charge in [0, 0.05) is 26.0 Å². The lowest BCUT2D eigenvalue weighted by atomic mass is 10.2. The number of aromatic nitrogens is 1. The summed E-state index contributed by atoms with van der Waals surface area (Å²) in [5.74, 6) is -3.15. The molecule has 1 aromatic rings. The molecule has 0 atom stereocenters. The first kappa shape index (κ1) is 13.5. The van der Waals surface area contributed by atoms with E-state index in [0.29, 0.717) is 26.2 Å². The Bertz CT molecular complexity index is 386. The van der Waals surface area contributed by atoms with E-state index in [-0.39, 0.29) is 5.56 Å². The molecule has 94 valence electrons. The molecule has 1 N–H and O–H groups in total. The van der Waals surface area contributed by atoms with Gasteiger partial charge in [0.05, 0.1) is 5.56 Å². The summed E-state index contributed by atoms with van der Waals surface area (Å²) >= 11 is 0. The average Bonchev–Trinajstić information content (AvgIpc) is 2.32. The van der Waals surface area contributed by atoms with Gasteiger partial charge < -0.3 is 10.1 Å². The minimum absolute atomic E-state index is 0.339. The van der Waals surface area contributed by atoms with Crippen LogP contribution in [0.25, 0.3) is 0 Å². The van der Waals surface area contributed by atoms with Crippen molar-refractivity contribution in [3.8, 4) is 0 Å². The molecule has 0 aliphatic carbocycles. The van der Waals surface area contributed by atoms with Crippen LogP contribution >= 0.6 is 0 Å². The van der Waals surface area contributed by atoms with Crippen molar-refractivity contribution in [2.75, 3.05) is 19.8 Å². The minimum atomic E-state index is -1.27. The highest BCUT2D eigenvalue weighted by Crippen LogP contribution is 2.08. The fourth-order valence-electron chi connectivity index (χ4n) is 1.21. The Balaban J connectivity index is 2.44. The molecule has 0 bridgehead atoms. The summed E-state index contributed by atoms with van der Waals surface area (Å²) in [4.78, 5) is 14.6. The van der Waals surface area contributed by atoms with Gasteiger partial charge in [-0.05, 0) is 19.4 Å². The number of rotatable bonds is 6. The van der Waals surface area contributed by atoms with Crippen LogP contribution in [0.15, 0.2) is 12.3 Å². The van der Waals surface area contributed by atoms with Crippen LogP contribution in [-0.2, 0) is 4.74 Å². The number of ether oxygens (including phenoxy) is 1. The van der Waals surface area contributed by atoms with Gasteiger partial charge in [0.25, 0.3) is 5.91 Å². The fraction of sp³-hybridized carbons (Fsp3) is 0.455. The van der Waals surface area contributed by atoms with E-state index in [1.807, 2.05) is 6.92 Å². The van der Waals surface area contributed by atoms with Crippen LogP contribution in [0.4, 0.5) is 8.78 Å². The third-order valence-corrected chi connectivity index (χ3v) is 2.05. The summed E-state index contributed by atoms with van der Waals surface area (Å²) in [6.45, 7) is 3.35. The first-order valence-corrected chi connectivity index (χ1v) is 5.32. The second-order valence-electron chi connectivity index (χ2n) is 3.27. The summed E-state index contributed by atoms with van der Waals surface area (Å²) in [5.41, 5.74) is -0.339. The molecule has 0 unspecified atom stereocenters. The van der Waals surface area contributed by atoms with Gasteiger partial charge in [-0.1, -0.05) is 0 Å². The van der Waals surface area contributed by atoms with Crippen LogP contribution < -0.4 is 5.32 Å². The zero-order valence-electron chi connectivity index (χ0n) is 9.50. The lowest BCUT2D eigenvalue weighted by Crippen LogP contribution is -2.26. The van der Waals surface area contributed by atoms with Crippen molar-refractivity contribution in [3.63, 3.8) is 0 Å². The van der Waals surface area contributed by atoms with Crippen molar-refractivity contribution >= 4 is 5.91 Å². The average molecular weight is 244 g/mol. The third kappa shape index (κ3) is 4.07. The molecule has 0 spiro atoms. The molecular formula is C11H14F2N2O2. The highest BCUT2D eigenvalue weighted by atomic mass is 19.2. The van der Waals surface area contributed by atoms with Gasteiger partial charge in [0.2, 0.25) is 5.95 Å². The number of carbonyl (C=O) groups excluding carboxylic acids is 1. The largest absolute Gasteiger partial charge is 0.382 e. The minimum Gasteiger partial charge on any atom is -0.382 e. The topological polar surface area (TPSA) is 51.2 Å². The van der Waals surface area contributed by atoms with Crippen LogP contribution in [0.2, 0.25) is 0 Å². The molecule has 0 aromatic carbocycles. The molecule has 0 fully saturated rings. The Morgan fingerprint density at radius 1 is 1.53 bits per heavy atom. The third-order valence-electron chi connectivity index (χ3n) is 2.05. The summed E-state index contributed by atoms with van der Waals surface area (Å²) in [6, 6.07) is 1.14. The fourth-order valence-corrected chi connectivity index (χ4v) is 1.21. The number of hydrogen-bond acceptors (Lipinski definition) is 3. The number of carbonyl (C=O) groups is 1. The first-order valence-electron chi connectivity index (χ1n) is 5.32. The standard InChI is InChI=1S/C11H14F2N2O2/c1-2-17-7-3-5-15-11(16)8-4-6-14-10(13)9(8)12/h4,6H,2-3,5,7H2,1H3,(H,15,16). The second-order valence-corrected chi connectivity index (χ2v) is 3.27. The Morgan fingerprint density at radius 2 is 2.29 bits per heavy atom. The van der Waals surface area contributed by atoms with Crippen molar-refractivity contribution in [2.24, 2.45) is 0 Å². The quantitative estimate of drug-likeness (QED) is 0.609. The summed E-state index contributed by atoms with van der Waals surface area (Å²) in [5, 5.41) is 2.47. The van der Waals surface area contributed by atoms with E-state index in [4.69, 9.17) is 4.74 Å². The lowest BCUT2D eigenvalue weighted by Gasteiger charge is -2.06. The normalized spacial score (nSPS) is 10.3. The van der Waals surface area contributed by atoms with Crippen LogP contribution in [-0.4, -0.2) is 30.6 Å². The van der Waals surface area contributed by atoms with E-state index in [0.717, 1.165) is 12.3 Å². The molecule has 0 saturated carbocycles. The van der Waals surface area contributed by atoms with Crippen LogP contribution in [0.1, 0.15) is 23.7 Å². The molecule has 1 heterocycles. The number of pyridine rings is 1. The molecule has 1 amide bonds. The predicted octanol–water partition coefficient (Wildman–Crippen LogP) is 1.52. The zero-order valence-corrected chi connectivity index (χ0v) is 9.50. The van der Waals surface area contributed by atoms with Crippen molar-refractivity contribution in [1.29, 1.82) is 0 Å². The number of amides is 1. The van der Waals surface area contributed by atoms with Gasteiger partial charge in [0.15, 0.2) is 5.82 Å². The molecule has 6 heteroatoms. The van der Waals surface area contributed by atoms with Crippen molar-refractivity contribution in [2.45, 2.75) is 13.3 Å². The zero-order chi connectivity index (χ0) is 12.7. The maximum absolute atomic E-state index is 13.2. The smallest absolute Gasteiger partial charge is 0.254 e. The summed E-state index contributed by atoms with van der Waals surface area (Å²) in [7, 11) is 0. The lowest BCUT2D eigenvalue weighted by molar-refractivity contribution is 0.0939. The predicted molar refractivity (Wildman–Crippen MR) is 57.6 cm³/mol. The molecule has 17 heavy (non-hydrogen) atoms. The monoisotopic (exact) mass is 244 g/mol. The van der Waals surface area contributed by atoms with Gasteiger partial charge in [-0.25, -0.2) is 9.37 Å². The first-order chi connectivity index (χ1) is 8.16. The molecule has 0 aliphatic rings. The Labute approximate surface area is 98.0 Å². The second kappa shape index (κ2) is 6.90. The van der Waals surface area contributed by atoms with Crippen molar-refractivity contribution in [3.05, 3.63) is 29.6 Å². The van der Waals surface area contributed by atoms with Gasteiger partial charge in [-0.15, -0.1) is 0 Å². The Morgan fingerprint density at radius 3 is 3.00 bits per heavy atom. The van der Waals surface area contributed by atoms with Crippen LogP contribution in [0.3, 0.4) is 0 Å². The van der Waals surface area contributed by atoms with Gasteiger partial charge in [-0.2, -0.15) is 4.39 Å². The number of halogens is 2. The molecule has 0 radical (unpaired) electrons. The SMILES string of the molecule is CCOCCCNC(=O)c1ccnc(F)c1F. The van der Waals surface area contributed by atoms with Gasteiger partial charge in [0.1, 0.15) is 0 Å². The van der Waals surface area contributed by atoms with Crippen molar-refractivity contribution < 1.29 is 18.3 Å². The number of nitrogens with zero attached hydrogens (tertiary/aromatic N) is 1. The van der Waals surface area contributed by atoms with E-state index < -0.39 is 17.7 Å². The van der Waals surface area contributed by atoms with Gasteiger partial charge >= 0.3 is 0 Å². The highest BCUT2D eigenvalue weighted by molar-refractivity contribution is 5.94. The molecule has 0 saturated heterocycles. The van der Waals surface area contributed by atoms with Crippen LogP contribution in [0, 0.1) is 11.8 Å². The summed E-state index contributed by atoms with van der Waals surface area (Å²) < 4.78 is 31.0. The van der Waals surface area contributed by atoms with Crippen LogP contribution in [0.5, 0.6) is 0 Å². The highest BCUT2D eigenvalue weighted by Gasteiger charge is 2.15. The van der Waals surface area contributed by atoms with E-state index in [9.17, 15) is 13.6 Å². The number of hydrogen-bond donors (Lipinski definition) is 1. The summed E-state index contributed by atoms with van der Waals surface area (Å²) in [6.07, 6.45) is 1.67. The van der Waals surface area contributed by atoms with E-state index >= 15 is 0 Å². The maximum atomic E-state index is 13.2. The molecule has 4 nitrogen and oxygen atoms in total. The number of nitrogens with one attached hydrogen (secondary N) is 1. The van der Waals surface area contributed by atoms with Gasteiger partial charge in [-0.3, -0.25) is 4.79 Å². The Hall–Kier alpha value is -1.56. The molecule has 1 rings (SSSR count).